The van der Waals surface area contributed by atoms with Gasteiger partial charge < -0.3 is 10.4 Å². The van der Waals surface area contributed by atoms with E-state index in [2.05, 4.69) is 17.2 Å². The molecule has 1 saturated carbocycles. The summed E-state index contributed by atoms with van der Waals surface area (Å²) in [4.78, 5) is 4.30. The lowest BCUT2D eigenvalue weighted by Crippen LogP contribution is -2.66. The summed E-state index contributed by atoms with van der Waals surface area (Å²) in [6.07, 6.45) is 5.95. The minimum atomic E-state index is -0.938. The molecule has 2 aromatic heterocycles. The van der Waals surface area contributed by atoms with Crippen molar-refractivity contribution in [2.75, 3.05) is 5.32 Å². The van der Waals surface area contributed by atoms with E-state index in [9.17, 15) is 5.11 Å². The number of nitrogens with zero attached hydrogens (tertiary/aromatic N) is 2. The first-order chi connectivity index (χ1) is 13.2. The van der Waals surface area contributed by atoms with Crippen molar-refractivity contribution < 1.29 is 9.50 Å². The third kappa shape index (κ3) is 2.01. The molecule has 0 amide bonds. The van der Waals surface area contributed by atoms with Crippen molar-refractivity contribution in [3.8, 4) is 11.3 Å². The van der Waals surface area contributed by atoms with Gasteiger partial charge in [-0.1, -0.05) is 24.6 Å². The molecule has 2 aliphatic rings. The van der Waals surface area contributed by atoms with Crippen molar-refractivity contribution in [3.63, 3.8) is 0 Å². The lowest BCUT2D eigenvalue weighted by Gasteiger charge is -2.55. The molecule has 5 rings (SSSR count). The third-order valence-electron chi connectivity index (χ3n) is 7.11. The zero-order valence-electron chi connectivity index (χ0n) is 16.2. The van der Waals surface area contributed by atoms with Crippen LogP contribution in [0.3, 0.4) is 0 Å². The van der Waals surface area contributed by atoms with E-state index in [0.29, 0.717) is 23.4 Å². The number of halogens is 2. The molecule has 1 aliphatic carbocycles. The Morgan fingerprint density at radius 2 is 2.04 bits per heavy atom. The van der Waals surface area contributed by atoms with Crippen LogP contribution < -0.4 is 5.32 Å². The van der Waals surface area contributed by atoms with Crippen LogP contribution in [0.25, 0.3) is 16.9 Å². The van der Waals surface area contributed by atoms with Crippen LogP contribution in [0.2, 0.25) is 5.02 Å². The summed E-state index contributed by atoms with van der Waals surface area (Å²) < 4.78 is 17.3. The van der Waals surface area contributed by atoms with E-state index in [1.807, 2.05) is 48.7 Å². The molecular formula is C22H23ClFN3O. The van der Waals surface area contributed by atoms with Gasteiger partial charge in [0.25, 0.3) is 0 Å². The lowest BCUT2D eigenvalue weighted by atomic mass is 9.60. The fraction of sp³-hybridized carbons (Fsp3) is 0.409. The fourth-order valence-corrected chi connectivity index (χ4v) is 5.74. The van der Waals surface area contributed by atoms with Crippen LogP contribution in [-0.4, -0.2) is 25.6 Å². The van der Waals surface area contributed by atoms with Gasteiger partial charge in [0.1, 0.15) is 10.7 Å². The molecule has 6 heteroatoms. The maximum atomic E-state index is 15.5. The summed E-state index contributed by atoms with van der Waals surface area (Å²) in [5, 5.41) is 15.1. The van der Waals surface area contributed by atoms with Crippen molar-refractivity contribution in [3.05, 3.63) is 53.1 Å². The minimum absolute atomic E-state index is 0.0767. The Morgan fingerprint density at radius 3 is 2.82 bits per heavy atom. The average Bonchev–Trinajstić information content (AvgIpc) is 3.25. The molecule has 0 spiro atoms. The molecule has 2 N–H and O–H groups in total. The van der Waals surface area contributed by atoms with E-state index in [1.165, 1.54) is 0 Å². The van der Waals surface area contributed by atoms with Gasteiger partial charge >= 0.3 is 0 Å². The van der Waals surface area contributed by atoms with Crippen LogP contribution in [0.1, 0.15) is 45.6 Å². The molecule has 1 fully saturated rings. The standard InChI is InChI=1S/C22H23ClFN3O/c1-20(2)22(28)9-5-8-21(22,3)14-12-13(18(24)17(23)19(14)26-20)15-6-4-7-16-25-10-11-27(15)16/h4,6-7,10-12,26,28H,5,8-9H2,1-3H3. The zero-order chi connectivity index (χ0) is 19.9. The number of aliphatic hydroxyl groups is 1. The number of hydrogen-bond acceptors (Lipinski definition) is 3. The molecule has 4 nitrogen and oxygen atoms in total. The van der Waals surface area contributed by atoms with Gasteiger partial charge in [0, 0.05) is 23.4 Å². The van der Waals surface area contributed by atoms with Gasteiger partial charge in [-0.3, -0.25) is 4.40 Å². The predicted molar refractivity (Wildman–Crippen MR) is 109 cm³/mol. The van der Waals surface area contributed by atoms with E-state index in [1.54, 1.807) is 6.20 Å². The highest BCUT2D eigenvalue weighted by atomic mass is 35.5. The number of fused-ring (bicyclic) bond motifs is 4. The Morgan fingerprint density at radius 1 is 1.25 bits per heavy atom. The number of anilines is 1. The van der Waals surface area contributed by atoms with Crippen LogP contribution in [0, 0.1) is 5.82 Å². The first kappa shape index (κ1) is 18.0. The summed E-state index contributed by atoms with van der Waals surface area (Å²) >= 11 is 6.57. The molecule has 0 radical (unpaired) electrons. The van der Waals surface area contributed by atoms with Gasteiger partial charge in [0.15, 0.2) is 5.82 Å². The largest absolute Gasteiger partial charge is 0.387 e. The molecule has 3 aromatic rings. The van der Waals surface area contributed by atoms with Crippen molar-refractivity contribution in [1.29, 1.82) is 0 Å². The average molecular weight is 400 g/mol. The molecule has 3 heterocycles. The van der Waals surface area contributed by atoms with Gasteiger partial charge in [-0.15, -0.1) is 0 Å². The number of hydrogen-bond donors (Lipinski definition) is 2. The molecular weight excluding hydrogens is 377 g/mol. The third-order valence-corrected chi connectivity index (χ3v) is 7.46. The van der Waals surface area contributed by atoms with Gasteiger partial charge in [0.2, 0.25) is 0 Å². The highest BCUT2D eigenvalue weighted by molar-refractivity contribution is 6.34. The number of benzene rings is 1. The van der Waals surface area contributed by atoms with Crippen molar-refractivity contribution in [1.82, 2.24) is 9.38 Å². The molecule has 28 heavy (non-hydrogen) atoms. The summed E-state index contributed by atoms with van der Waals surface area (Å²) in [6, 6.07) is 7.46. The number of imidazole rings is 1. The Labute approximate surface area is 168 Å². The fourth-order valence-electron chi connectivity index (χ4n) is 5.49. The number of aromatic nitrogens is 2. The first-order valence-corrected chi connectivity index (χ1v) is 10.0. The van der Waals surface area contributed by atoms with E-state index < -0.39 is 22.4 Å². The normalized spacial score (nSPS) is 28.1. The lowest BCUT2D eigenvalue weighted by molar-refractivity contribution is -0.0628. The van der Waals surface area contributed by atoms with Crippen LogP contribution >= 0.6 is 11.6 Å². The second kappa shape index (κ2) is 5.49. The van der Waals surface area contributed by atoms with Crippen LogP contribution in [0.5, 0.6) is 0 Å². The van der Waals surface area contributed by atoms with E-state index in [0.717, 1.165) is 24.1 Å². The molecule has 0 saturated heterocycles. The van der Waals surface area contributed by atoms with Gasteiger partial charge in [-0.25, -0.2) is 9.37 Å². The Bertz CT molecular complexity index is 1120. The van der Waals surface area contributed by atoms with Crippen LogP contribution in [0.4, 0.5) is 10.1 Å². The van der Waals surface area contributed by atoms with Crippen LogP contribution in [-0.2, 0) is 5.41 Å². The smallest absolute Gasteiger partial charge is 0.153 e. The Kier molecular flexibility index (Phi) is 3.52. The van der Waals surface area contributed by atoms with E-state index in [-0.39, 0.29) is 5.02 Å². The summed E-state index contributed by atoms with van der Waals surface area (Å²) in [5.41, 5.74) is 1.27. The molecule has 1 aromatic carbocycles. The molecule has 1 aliphatic heterocycles. The van der Waals surface area contributed by atoms with E-state index >= 15 is 4.39 Å². The highest BCUT2D eigenvalue weighted by Gasteiger charge is 2.63. The molecule has 2 unspecified atom stereocenters. The molecule has 2 atom stereocenters. The second-order valence-corrected chi connectivity index (χ2v) is 9.22. The number of nitrogens with one attached hydrogen (secondary N) is 1. The number of pyridine rings is 1. The Balaban J connectivity index is 1.83. The number of rotatable bonds is 1. The van der Waals surface area contributed by atoms with Gasteiger partial charge in [0.05, 0.1) is 22.5 Å². The quantitative estimate of drug-likeness (QED) is 0.593. The van der Waals surface area contributed by atoms with Gasteiger partial charge in [-0.2, -0.15) is 0 Å². The Hall–Kier alpha value is -2.11. The summed E-state index contributed by atoms with van der Waals surface area (Å²) in [7, 11) is 0. The molecule has 146 valence electrons. The summed E-state index contributed by atoms with van der Waals surface area (Å²) in [6.45, 7) is 6.01. The highest BCUT2D eigenvalue weighted by Crippen LogP contribution is 2.60. The van der Waals surface area contributed by atoms with Crippen molar-refractivity contribution in [2.45, 2.75) is 56.6 Å². The van der Waals surface area contributed by atoms with E-state index in [4.69, 9.17) is 11.6 Å². The zero-order valence-corrected chi connectivity index (χ0v) is 16.9. The van der Waals surface area contributed by atoms with Crippen LogP contribution in [0.15, 0.2) is 36.7 Å². The second-order valence-electron chi connectivity index (χ2n) is 8.84. The van der Waals surface area contributed by atoms with Crippen molar-refractivity contribution >= 4 is 22.9 Å². The first-order valence-electron chi connectivity index (χ1n) is 9.65. The predicted octanol–water partition coefficient (Wildman–Crippen LogP) is 5.17. The maximum Gasteiger partial charge on any atom is 0.153 e. The maximum absolute atomic E-state index is 15.5. The topological polar surface area (TPSA) is 49.6 Å². The summed E-state index contributed by atoms with van der Waals surface area (Å²) in [5.74, 6) is -0.461. The minimum Gasteiger partial charge on any atom is -0.387 e. The monoisotopic (exact) mass is 399 g/mol. The van der Waals surface area contributed by atoms with Gasteiger partial charge in [-0.05, 0) is 56.9 Å². The SMILES string of the molecule is CC1(C)Nc2c(cc(-c3cccc4nccn34)c(F)c2Cl)C2(C)CCCC12O. The van der Waals surface area contributed by atoms with Crippen molar-refractivity contribution in [2.24, 2.45) is 0 Å². The molecule has 0 bridgehead atoms.